The molecule has 5 heteroatoms. The SMILES string of the molecule is COc1cc(-c2c3ccccc3nc3ccccc23)ccc1NC(=O)C(C)N. The molecule has 1 heterocycles. The Morgan fingerprint density at radius 1 is 1.00 bits per heavy atom. The highest BCUT2D eigenvalue weighted by atomic mass is 16.5. The number of nitrogens with zero attached hydrogens (tertiary/aromatic N) is 1. The molecule has 0 saturated heterocycles. The Morgan fingerprint density at radius 3 is 2.18 bits per heavy atom. The molecule has 5 nitrogen and oxygen atoms in total. The lowest BCUT2D eigenvalue weighted by Crippen LogP contribution is -2.32. The molecule has 0 aliphatic heterocycles. The Labute approximate surface area is 163 Å². The molecule has 3 N–H and O–H groups in total. The van der Waals surface area contributed by atoms with E-state index in [-0.39, 0.29) is 5.91 Å². The van der Waals surface area contributed by atoms with Gasteiger partial charge in [0.1, 0.15) is 5.75 Å². The van der Waals surface area contributed by atoms with E-state index in [1.165, 1.54) is 0 Å². The van der Waals surface area contributed by atoms with Crippen LogP contribution in [-0.2, 0) is 4.79 Å². The van der Waals surface area contributed by atoms with Crippen molar-refractivity contribution in [1.29, 1.82) is 0 Å². The maximum Gasteiger partial charge on any atom is 0.241 e. The van der Waals surface area contributed by atoms with E-state index in [1.807, 2.05) is 54.6 Å². The molecule has 0 aliphatic rings. The number of aromatic nitrogens is 1. The Hall–Kier alpha value is -3.44. The van der Waals surface area contributed by atoms with Crippen molar-refractivity contribution >= 4 is 33.4 Å². The minimum atomic E-state index is -0.600. The summed E-state index contributed by atoms with van der Waals surface area (Å²) in [6.07, 6.45) is 0. The van der Waals surface area contributed by atoms with E-state index in [2.05, 4.69) is 17.4 Å². The van der Waals surface area contributed by atoms with Gasteiger partial charge in [0, 0.05) is 16.3 Å². The lowest BCUT2D eigenvalue weighted by atomic mass is 9.95. The van der Waals surface area contributed by atoms with Crippen molar-refractivity contribution in [2.24, 2.45) is 5.73 Å². The molecule has 1 aromatic heterocycles. The van der Waals surface area contributed by atoms with E-state index in [1.54, 1.807) is 14.0 Å². The van der Waals surface area contributed by atoms with Gasteiger partial charge in [-0.3, -0.25) is 4.79 Å². The van der Waals surface area contributed by atoms with Gasteiger partial charge < -0.3 is 15.8 Å². The number of ether oxygens (including phenoxy) is 1. The van der Waals surface area contributed by atoms with Gasteiger partial charge in [-0.15, -0.1) is 0 Å². The fourth-order valence-corrected chi connectivity index (χ4v) is 3.35. The van der Waals surface area contributed by atoms with E-state index in [4.69, 9.17) is 15.5 Å². The number of methoxy groups -OCH3 is 1. The number of nitrogens with two attached hydrogens (primary N) is 1. The second-order valence-electron chi connectivity index (χ2n) is 6.71. The molecule has 28 heavy (non-hydrogen) atoms. The third-order valence-corrected chi connectivity index (χ3v) is 4.75. The van der Waals surface area contributed by atoms with Crippen LogP contribution in [0, 0.1) is 0 Å². The van der Waals surface area contributed by atoms with E-state index < -0.39 is 6.04 Å². The average Bonchev–Trinajstić information content (AvgIpc) is 2.72. The number of hydrogen-bond donors (Lipinski definition) is 2. The molecule has 0 radical (unpaired) electrons. The average molecular weight is 371 g/mol. The first-order valence-electron chi connectivity index (χ1n) is 9.11. The van der Waals surface area contributed by atoms with Crippen molar-refractivity contribution in [3.8, 4) is 16.9 Å². The predicted molar refractivity (Wildman–Crippen MR) is 114 cm³/mol. The van der Waals surface area contributed by atoms with Crippen LogP contribution in [0.3, 0.4) is 0 Å². The van der Waals surface area contributed by atoms with Gasteiger partial charge in [0.2, 0.25) is 5.91 Å². The highest BCUT2D eigenvalue weighted by Crippen LogP contribution is 2.38. The number of amides is 1. The van der Waals surface area contributed by atoms with Gasteiger partial charge in [0.05, 0.1) is 29.9 Å². The maximum absolute atomic E-state index is 12.0. The summed E-state index contributed by atoms with van der Waals surface area (Å²) in [5, 5.41) is 4.94. The number of rotatable bonds is 4. The van der Waals surface area contributed by atoms with Gasteiger partial charge in [-0.05, 0) is 36.8 Å². The molecule has 4 rings (SSSR count). The molecule has 3 aromatic carbocycles. The number of pyridine rings is 1. The fourth-order valence-electron chi connectivity index (χ4n) is 3.35. The van der Waals surface area contributed by atoms with Crippen molar-refractivity contribution in [2.75, 3.05) is 12.4 Å². The van der Waals surface area contributed by atoms with Crippen LogP contribution in [0.4, 0.5) is 5.69 Å². The van der Waals surface area contributed by atoms with Gasteiger partial charge in [0.25, 0.3) is 0 Å². The third kappa shape index (κ3) is 3.17. The van der Waals surface area contributed by atoms with Crippen LogP contribution in [0.25, 0.3) is 32.9 Å². The van der Waals surface area contributed by atoms with Crippen molar-refractivity contribution < 1.29 is 9.53 Å². The largest absolute Gasteiger partial charge is 0.495 e. The minimum Gasteiger partial charge on any atom is -0.495 e. The topological polar surface area (TPSA) is 77.2 Å². The van der Waals surface area contributed by atoms with Gasteiger partial charge in [-0.25, -0.2) is 4.98 Å². The fraction of sp³-hybridized carbons (Fsp3) is 0.130. The molecular weight excluding hydrogens is 350 g/mol. The molecule has 1 amide bonds. The number of fused-ring (bicyclic) bond motifs is 2. The first-order chi connectivity index (χ1) is 13.6. The monoisotopic (exact) mass is 371 g/mol. The standard InChI is InChI=1S/C23H21N3O2/c1-14(24)23(27)26-20-12-11-15(13-21(20)28-2)22-16-7-3-5-9-18(16)25-19-10-6-4-8-17(19)22/h3-14H,24H2,1-2H3,(H,26,27). The minimum absolute atomic E-state index is 0.258. The van der Waals surface area contributed by atoms with Gasteiger partial charge in [-0.1, -0.05) is 42.5 Å². The molecule has 0 saturated carbocycles. The summed E-state index contributed by atoms with van der Waals surface area (Å²) in [5.74, 6) is 0.322. The van der Waals surface area contributed by atoms with Crippen molar-refractivity contribution in [3.05, 3.63) is 66.7 Å². The highest BCUT2D eigenvalue weighted by Gasteiger charge is 2.15. The van der Waals surface area contributed by atoms with E-state index in [9.17, 15) is 4.79 Å². The second kappa shape index (κ2) is 7.29. The Bertz CT molecular complexity index is 1130. The second-order valence-corrected chi connectivity index (χ2v) is 6.71. The Balaban J connectivity index is 1.93. The Morgan fingerprint density at radius 2 is 1.61 bits per heavy atom. The van der Waals surface area contributed by atoms with E-state index in [0.717, 1.165) is 32.9 Å². The number of anilines is 1. The zero-order valence-corrected chi connectivity index (χ0v) is 15.8. The number of nitrogens with one attached hydrogen (secondary N) is 1. The zero-order chi connectivity index (χ0) is 19.7. The number of hydrogen-bond acceptors (Lipinski definition) is 4. The molecule has 140 valence electrons. The number of para-hydroxylation sites is 2. The molecule has 0 spiro atoms. The molecule has 0 bridgehead atoms. The molecule has 4 aromatic rings. The first kappa shape index (κ1) is 17.9. The summed E-state index contributed by atoms with van der Waals surface area (Å²) in [7, 11) is 1.59. The number of carbonyl (C=O) groups excluding carboxylic acids is 1. The summed E-state index contributed by atoms with van der Waals surface area (Å²) in [6, 6.07) is 21.3. The number of benzene rings is 3. The van der Waals surface area contributed by atoms with Crippen molar-refractivity contribution in [3.63, 3.8) is 0 Å². The number of carbonyl (C=O) groups is 1. The van der Waals surface area contributed by atoms with Crippen LogP contribution >= 0.6 is 0 Å². The van der Waals surface area contributed by atoms with Crippen LogP contribution in [0.1, 0.15) is 6.92 Å². The summed E-state index contributed by atoms with van der Waals surface area (Å²) in [6.45, 7) is 1.64. The van der Waals surface area contributed by atoms with E-state index >= 15 is 0 Å². The summed E-state index contributed by atoms with van der Waals surface area (Å²) < 4.78 is 5.54. The quantitative estimate of drug-likeness (QED) is 0.523. The molecule has 1 atom stereocenters. The first-order valence-corrected chi connectivity index (χ1v) is 9.11. The smallest absolute Gasteiger partial charge is 0.241 e. The van der Waals surface area contributed by atoms with Gasteiger partial charge >= 0.3 is 0 Å². The van der Waals surface area contributed by atoms with Crippen LogP contribution < -0.4 is 15.8 Å². The molecular formula is C23H21N3O2. The van der Waals surface area contributed by atoms with Crippen molar-refractivity contribution in [2.45, 2.75) is 13.0 Å². The normalized spacial score (nSPS) is 12.1. The van der Waals surface area contributed by atoms with Gasteiger partial charge in [-0.2, -0.15) is 0 Å². The Kier molecular flexibility index (Phi) is 4.67. The summed E-state index contributed by atoms with van der Waals surface area (Å²) >= 11 is 0. The van der Waals surface area contributed by atoms with Crippen LogP contribution in [0.5, 0.6) is 5.75 Å². The van der Waals surface area contributed by atoms with Crippen molar-refractivity contribution in [1.82, 2.24) is 4.98 Å². The molecule has 0 aliphatic carbocycles. The third-order valence-electron chi connectivity index (χ3n) is 4.75. The summed E-state index contributed by atoms with van der Waals surface area (Å²) in [4.78, 5) is 16.8. The molecule has 1 unspecified atom stereocenters. The highest BCUT2D eigenvalue weighted by molar-refractivity contribution is 6.09. The molecule has 0 fully saturated rings. The lowest BCUT2D eigenvalue weighted by molar-refractivity contribution is -0.117. The van der Waals surface area contributed by atoms with Gasteiger partial charge in [0.15, 0.2) is 0 Å². The zero-order valence-electron chi connectivity index (χ0n) is 15.8. The summed E-state index contributed by atoms with van der Waals surface area (Å²) in [5.41, 5.74) is 10.2. The predicted octanol–water partition coefficient (Wildman–Crippen LogP) is 4.35. The lowest BCUT2D eigenvalue weighted by Gasteiger charge is -2.15. The van der Waals surface area contributed by atoms with Crippen LogP contribution in [-0.4, -0.2) is 24.0 Å². The van der Waals surface area contributed by atoms with E-state index in [0.29, 0.717) is 11.4 Å². The van der Waals surface area contributed by atoms with Crippen LogP contribution in [0.15, 0.2) is 66.7 Å². The van der Waals surface area contributed by atoms with Crippen LogP contribution in [0.2, 0.25) is 0 Å². The maximum atomic E-state index is 12.0.